The molecule has 0 radical (unpaired) electrons. The van der Waals surface area contributed by atoms with E-state index in [0.29, 0.717) is 42.7 Å². The average Bonchev–Trinajstić information content (AvgIpc) is 2.72. The molecule has 1 aromatic heterocycles. The molecule has 1 amide bonds. The Morgan fingerprint density at radius 1 is 1.11 bits per heavy atom. The van der Waals surface area contributed by atoms with Crippen molar-refractivity contribution in [2.45, 2.75) is 13.8 Å². The monoisotopic (exact) mass is 369 g/mol. The van der Waals surface area contributed by atoms with Crippen LogP contribution in [0.3, 0.4) is 0 Å². The first-order chi connectivity index (χ1) is 13.1. The van der Waals surface area contributed by atoms with E-state index in [-0.39, 0.29) is 5.91 Å². The summed E-state index contributed by atoms with van der Waals surface area (Å²) < 4.78 is 11.2. The number of benzene rings is 1. The summed E-state index contributed by atoms with van der Waals surface area (Å²) in [4.78, 5) is 21.3. The highest BCUT2D eigenvalue weighted by atomic mass is 16.5. The minimum Gasteiger partial charge on any atom is -0.493 e. The molecule has 0 bridgehead atoms. The third kappa shape index (κ3) is 4.70. The number of carbonyl (C=O) groups is 1. The van der Waals surface area contributed by atoms with E-state index >= 15 is 0 Å². The molecule has 1 aromatic carbocycles. The molecule has 0 spiro atoms. The maximum absolute atomic E-state index is 12.9. The number of carbonyl (C=O) groups excluding carboxylic acids is 1. The van der Waals surface area contributed by atoms with Crippen molar-refractivity contribution in [1.82, 2.24) is 9.88 Å². The molecule has 1 fully saturated rings. The van der Waals surface area contributed by atoms with Crippen LogP contribution in [0.1, 0.15) is 24.2 Å². The van der Waals surface area contributed by atoms with Crippen molar-refractivity contribution in [2.75, 3.05) is 44.8 Å². The van der Waals surface area contributed by atoms with Gasteiger partial charge in [-0.15, -0.1) is 0 Å². The van der Waals surface area contributed by atoms with Gasteiger partial charge >= 0.3 is 0 Å². The molecule has 3 rings (SSSR count). The molecule has 0 saturated carbocycles. The highest BCUT2D eigenvalue weighted by molar-refractivity contribution is 5.95. The normalized spacial score (nSPS) is 14.4. The fourth-order valence-electron chi connectivity index (χ4n) is 3.04. The van der Waals surface area contributed by atoms with Crippen molar-refractivity contribution >= 4 is 11.7 Å². The van der Waals surface area contributed by atoms with E-state index in [4.69, 9.17) is 9.47 Å². The van der Waals surface area contributed by atoms with Gasteiger partial charge < -0.3 is 19.3 Å². The van der Waals surface area contributed by atoms with Crippen LogP contribution in [0.15, 0.2) is 42.6 Å². The molecule has 27 heavy (non-hydrogen) atoms. The van der Waals surface area contributed by atoms with Crippen LogP contribution in [0.25, 0.3) is 0 Å². The van der Waals surface area contributed by atoms with E-state index in [0.717, 1.165) is 18.9 Å². The van der Waals surface area contributed by atoms with Crippen molar-refractivity contribution in [3.8, 4) is 11.5 Å². The first-order valence-electron chi connectivity index (χ1n) is 9.34. The number of pyridine rings is 1. The quantitative estimate of drug-likeness (QED) is 0.783. The first-order valence-corrected chi connectivity index (χ1v) is 9.34. The van der Waals surface area contributed by atoms with Crippen molar-refractivity contribution in [1.29, 1.82) is 0 Å². The largest absolute Gasteiger partial charge is 0.493 e. The Balaban J connectivity index is 1.64. The lowest BCUT2D eigenvalue weighted by atomic mass is 10.1. The first kappa shape index (κ1) is 19.0. The van der Waals surface area contributed by atoms with Gasteiger partial charge in [-0.1, -0.05) is 19.9 Å². The number of piperazine rings is 1. The summed E-state index contributed by atoms with van der Waals surface area (Å²) >= 11 is 0. The Kier molecular flexibility index (Phi) is 6.16. The number of ether oxygens (including phenoxy) is 2. The molecule has 1 aliphatic heterocycles. The molecule has 6 nitrogen and oxygen atoms in total. The molecule has 1 saturated heterocycles. The minimum atomic E-state index is 0.0179. The lowest BCUT2D eigenvalue weighted by molar-refractivity contribution is 0.0746. The Labute approximate surface area is 160 Å². The SMILES string of the molecule is COc1cc(C(=O)N2CCN(c3ccccn3)CC2)ccc1OCC(C)C. The summed E-state index contributed by atoms with van der Waals surface area (Å²) in [6.07, 6.45) is 1.79. The maximum Gasteiger partial charge on any atom is 0.254 e. The van der Waals surface area contributed by atoms with Gasteiger partial charge in [0.15, 0.2) is 11.5 Å². The smallest absolute Gasteiger partial charge is 0.254 e. The van der Waals surface area contributed by atoms with E-state index in [1.54, 1.807) is 19.4 Å². The van der Waals surface area contributed by atoms with E-state index in [2.05, 4.69) is 23.7 Å². The molecule has 144 valence electrons. The highest BCUT2D eigenvalue weighted by Gasteiger charge is 2.23. The van der Waals surface area contributed by atoms with Crippen LogP contribution in [0.2, 0.25) is 0 Å². The summed E-state index contributed by atoms with van der Waals surface area (Å²) in [5.41, 5.74) is 0.620. The Morgan fingerprint density at radius 3 is 2.52 bits per heavy atom. The van der Waals surface area contributed by atoms with Gasteiger partial charge in [-0.2, -0.15) is 0 Å². The van der Waals surface area contributed by atoms with Gasteiger partial charge in [-0.3, -0.25) is 4.79 Å². The molecule has 2 aromatic rings. The van der Waals surface area contributed by atoms with Gasteiger partial charge in [-0.05, 0) is 36.2 Å². The van der Waals surface area contributed by atoms with Gasteiger partial charge in [0.05, 0.1) is 13.7 Å². The van der Waals surface area contributed by atoms with Crippen LogP contribution >= 0.6 is 0 Å². The molecule has 0 aliphatic carbocycles. The van der Waals surface area contributed by atoms with Crippen LogP contribution < -0.4 is 14.4 Å². The molecule has 2 heterocycles. The second-order valence-corrected chi connectivity index (χ2v) is 7.04. The van der Waals surface area contributed by atoms with Crippen molar-refractivity contribution in [2.24, 2.45) is 5.92 Å². The van der Waals surface area contributed by atoms with Gasteiger partial charge in [-0.25, -0.2) is 4.98 Å². The van der Waals surface area contributed by atoms with Crippen LogP contribution in [-0.2, 0) is 0 Å². The molecule has 1 aliphatic rings. The predicted molar refractivity (Wildman–Crippen MR) is 106 cm³/mol. The van der Waals surface area contributed by atoms with E-state index in [9.17, 15) is 4.79 Å². The third-order valence-corrected chi connectivity index (χ3v) is 4.52. The molecule has 6 heteroatoms. The average molecular weight is 369 g/mol. The zero-order chi connectivity index (χ0) is 19.2. The Bertz CT molecular complexity index is 757. The number of aromatic nitrogens is 1. The maximum atomic E-state index is 12.9. The number of amides is 1. The third-order valence-electron chi connectivity index (χ3n) is 4.52. The summed E-state index contributed by atoms with van der Waals surface area (Å²) in [5, 5.41) is 0. The summed E-state index contributed by atoms with van der Waals surface area (Å²) in [5.74, 6) is 2.66. The molecular formula is C21H27N3O3. The van der Waals surface area contributed by atoms with Crippen molar-refractivity contribution < 1.29 is 14.3 Å². The Morgan fingerprint density at radius 2 is 1.89 bits per heavy atom. The van der Waals surface area contributed by atoms with Crippen molar-refractivity contribution in [3.63, 3.8) is 0 Å². The standard InChI is InChI=1S/C21H27N3O3/c1-16(2)15-27-18-8-7-17(14-19(18)26-3)21(25)24-12-10-23(11-13-24)20-6-4-5-9-22-20/h4-9,14,16H,10-13,15H2,1-3H3. The zero-order valence-corrected chi connectivity index (χ0v) is 16.2. The summed E-state index contributed by atoms with van der Waals surface area (Å²) in [6, 6.07) is 11.3. The molecule has 0 atom stereocenters. The van der Waals surface area contributed by atoms with E-state index < -0.39 is 0 Å². The van der Waals surface area contributed by atoms with Gasteiger partial charge in [0.1, 0.15) is 5.82 Å². The van der Waals surface area contributed by atoms with Gasteiger partial charge in [0, 0.05) is 37.9 Å². The number of hydrogen-bond acceptors (Lipinski definition) is 5. The van der Waals surface area contributed by atoms with Crippen molar-refractivity contribution in [3.05, 3.63) is 48.2 Å². The lowest BCUT2D eigenvalue weighted by Crippen LogP contribution is -2.49. The second-order valence-electron chi connectivity index (χ2n) is 7.04. The van der Waals surface area contributed by atoms with Crippen LogP contribution in [-0.4, -0.2) is 55.7 Å². The number of hydrogen-bond donors (Lipinski definition) is 0. The van der Waals surface area contributed by atoms with Gasteiger partial charge in [0.25, 0.3) is 5.91 Å². The fourth-order valence-corrected chi connectivity index (χ4v) is 3.04. The van der Waals surface area contributed by atoms with E-state index in [1.165, 1.54) is 0 Å². The zero-order valence-electron chi connectivity index (χ0n) is 16.2. The number of methoxy groups -OCH3 is 1. The number of nitrogens with zero attached hydrogens (tertiary/aromatic N) is 3. The number of rotatable bonds is 6. The lowest BCUT2D eigenvalue weighted by Gasteiger charge is -2.35. The minimum absolute atomic E-state index is 0.0179. The molecule has 0 unspecified atom stereocenters. The van der Waals surface area contributed by atoms with Crippen LogP contribution in [0.5, 0.6) is 11.5 Å². The van der Waals surface area contributed by atoms with Gasteiger partial charge in [0.2, 0.25) is 0 Å². The number of anilines is 1. The summed E-state index contributed by atoms with van der Waals surface area (Å²) in [7, 11) is 1.59. The van der Waals surface area contributed by atoms with E-state index in [1.807, 2.05) is 35.2 Å². The predicted octanol–water partition coefficient (Wildman–Crippen LogP) is 3.09. The second kappa shape index (κ2) is 8.75. The molecular weight excluding hydrogens is 342 g/mol. The van der Waals surface area contributed by atoms with Crippen LogP contribution in [0, 0.1) is 5.92 Å². The Hall–Kier alpha value is -2.76. The fraction of sp³-hybridized carbons (Fsp3) is 0.429. The summed E-state index contributed by atoms with van der Waals surface area (Å²) in [6.45, 7) is 7.68. The van der Waals surface area contributed by atoms with Crippen LogP contribution in [0.4, 0.5) is 5.82 Å². The topological polar surface area (TPSA) is 54.9 Å². The highest BCUT2D eigenvalue weighted by Crippen LogP contribution is 2.29. The molecule has 0 N–H and O–H groups in total.